The van der Waals surface area contributed by atoms with E-state index < -0.39 is 6.03 Å². The maximum atomic E-state index is 12.1. The van der Waals surface area contributed by atoms with E-state index in [0.717, 1.165) is 5.56 Å². The van der Waals surface area contributed by atoms with Gasteiger partial charge in [0.25, 0.3) is 5.89 Å². The summed E-state index contributed by atoms with van der Waals surface area (Å²) in [5.74, 6) is 1.49. The summed E-state index contributed by atoms with van der Waals surface area (Å²) in [6.45, 7) is 6.89. The van der Waals surface area contributed by atoms with Crippen LogP contribution in [0.25, 0.3) is 22.8 Å². The molecule has 0 aliphatic rings. The molecule has 1 aromatic heterocycles. The zero-order chi connectivity index (χ0) is 21.7. The highest BCUT2D eigenvalue weighted by molar-refractivity contribution is 5.91. The van der Waals surface area contributed by atoms with Crippen LogP contribution in [0.5, 0.6) is 5.75 Å². The smallest absolute Gasteiger partial charge is 0.323 e. The van der Waals surface area contributed by atoms with Gasteiger partial charge in [-0.25, -0.2) is 4.79 Å². The largest absolute Gasteiger partial charge is 0.510 e. The number of hydrogen-bond donors (Lipinski definition) is 3. The van der Waals surface area contributed by atoms with Gasteiger partial charge in [0.05, 0.1) is 12.8 Å². The number of ether oxygens (including phenoxy) is 1. The molecular formula is C22H22N4O4. The van der Waals surface area contributed by atoms with Gasteiger partial charge in [-0.1, -0.05) is 23.9 Å². The zero-order valence-corrected chi connectivity index (χ0v) is 16.9. The van der Waals surface area contributed by atoms with Crippen LogP contribution in [0.2, 0.25) is 0 Å². The molecule has 1 heterocycles. The van der Waals surface area contributed by atoms with Gasteiger partial charge in [0.2, 0.25) is 5.82 Å². The minimum Gasteiger partial charge on any atom is -0.510 e. The molecule has 0 saturated heterocycles. The van der Waals surface area contributed by atoms with Crippen molar-refractivity contribution in [1.29, 1.82) is 0 Å². The highest BCUT2D eigenvalue weighted by Crippen LogP contribution is 2.25. The zero-order valence-electron chi connectivity index (χ0n) is 16.9. The molecule has 0 aliphatic carbocycles. The molecular weight excluding hydrogens is 384 g/mol. The van der Waals surface area contributed by atoms with Crippen LogP contribution in [0.3, 0.4) is 0 Å². The van der Waals surface area contributed by atoms with E-state index >= 15 is 0 Å². The number of rotatable bonds is 6. The Morgan fingerprint density at radius 1 is 1.13 bits per heavy atom. The van der Waals surface area contributed by atoms with Crippen molar-refractivity contribution >= 4 is 11.7 Å². The number of urea groups is 1. The monoisotopic (exact) mass is 406 g/mol. The van der Waals surface area contributed by atoms with Crippen LogP contribution >= 0.6 is 0 Å². The Bertz CT molecular complexity index is 1100. The van der Waals surface area contributed by atoms with E-state index in [-0.39, 0.29) is 11.5 Å². The fourth-order valence-corrected chi connectivity index (χ4v) is 2.70. The van der Waals surface area contributed by atoms with Gasteiger partial charge in [-0.15, -0.1) is 0 Å². The summed E-state index contributed by atoms with van der Waals surface area (Å²) in [7, 11) is 1.59. The number of allylic oxidation sites excluding steroid dienone is 2. The molecule has 30 heavy (non-hydrogen) atoms. The summed E-state index contributed by atoms with van der Waals surface area (Å²) in [4.78, 5) is 16.6. The van der Waals surface area contributed by atoms with Crippen molar-refractivity contribution in [3.8, 4) is 28.6 Å². The second-order valence-electron chi connectivity index (χ2n) is 6.55. The van der Waals surface area contributed by atoms with Crippen LogP contribution in [0.15, 0.2) is 76.7 Å². The second-order valence-corrected chi connectivity index (χ2v) is 6.55. The highest BCUT2D eigenvalue weighted by Gasteiger charge is 2.12. The van der Waals surface area contributed by atoms with Gasteiger partial charge < -0.3 is 25.0 Å². The minimum absolute atomic E-state index is 0.0174. The lowest BCUT2D eigenvalue weighted by Gasteiger charge is -2.12. The third-order valence-electron chi connectivity index (χ3n) is 4.17. The molecule has 0 fully saturated rings. The number of anilines is 1. The summed E-state index contributed by atoms with van der Waals surface area (Å²) >= 11 is 0. The lowest BCUT2D eigenvalue weighted by Crippen LogP contribution is -2.29. The van der Waals surface area contributed by atoms with Crippen LogP contribution in [0, 0.1) is 0 Å². The Morgan fingerprint density at radius 2 is 1.87 bits per heavy atom. The Hall–Kier alpha value is -4.07. The van der Waals surface area contributed by atoms with Crippen molar-refractivity contribution in [2.45, 2.75) is 13.8 Å². The molecule has 2 aromatic carbocycles. The van der Waals surface area contributed by atoms with Crippen LogP contribution in [-0.2, 0) is 0 Å². The van der Waals surface area contributed by atoms with Crippen LogP contribution in [0.4, 0.5) is 10.5 Å². The van der Waals surface area contributed by atoms with E-state index in [1.807, 2.05) is 24.3 Å². The molecule has 3 aromatic rings. The number of benzene rings is 2. The number of aromatic nitrogens is 2. The maximum Gasteiger partial charge on any atom is 0.323 e. The molecule has 0 spiro atoms. The first kappa shape index (κ1) is 20.7. The Kier molecular flexibility index (Phi) is 6.17. The van der Waals surface area contributed by atoms with E-state index in [1.54, 1.807) is 38.3 Å². The quantitative estimate of drug-likeness (QED) is 0.397. The highest BCUT2D eigenvalue weighted by atomic mass is 16.5. The van der Waals surface area contributed by atoms with Crippen molar-refractivity contribution in [2.75, 3.05) is 12.4 Å². The molecule has 0 unspecified atom stereocenters. The Morgan fingerprint density at radius 3 is 2.50 bits per heavy atom. The summed E-state index contributed by atoms with van der Waals surface area (Å²) < 4.78 is 10.6. The average Bonchev–Trinajstić information content (AvgIpc) is 3.22. The molecule has 8 heteroatoms. The van der Waals surface area contributed by atoms with E-state index in [9.17, 15) is 9.90 Å². The average molecular weight is 406 g/mol. The van der Waals surface area contributed by atoms with Gasteiger partial charge in [0.15, 0.2) is 0 Å². The van der Waals surface area contributed by atoms with Crippen molar-refractivity contribution in [3.05, 3.63) is 72.1 Å². The molecule has 2 amide bonds. The molecule has 0 atom stereocenters. The predicted octanol–water partition coefficient (Wildman–Crippen LogP) is 4.90. The van der Waals surface area contributed by atoms with Crippen molar-refractivity contribution in [3.63, 3.8) is 0 Å². The standard InChI is InChI=1S/C22H22N4O4/c1-13(2)19(14(3)27)24-22(28)23-17-10-8-15(9-11-17)21-25-20(26-30-21)16-6-5-7-18(12-16)29-4/h5-12,27H,1H2,2-4H3,(H2,23,24,28)/b19-14+. The van der Waals surface area contributed by atoms with Crippen LogP contribution in [-0.4, -0.2) is 28.4 Å². The predicted molar refractivity (Wildman–Crippen MR) is 114 cm³/mol. The molecule has 0 bridgehead atoms. The van der Waals surface area contributed by atoms with E-state index in [4.69, 9.17) is 9.26 Å². The molecule has 0 radical (unpaired) electrons. The first-order valence-electron chi connectivity index (χ1n) is 9.09. The maximum absolute atomic E-state index is 12.1. The number of amides is 2. The molecule has 0 aliphatic heterocycles. The third-order valence-corrected chi connectivity index (χ3v) is 4.17. The number of aliphatic hydroxyl groups excluding tert-OH is 1. The number of nitrogens with one attached hydrogen (secondary N) is 2. The van der Waals surface area contributed by atoms with Gasteiger partial charge in [-0.3, -0.25) is 0 Å². The summed E-state index contributed by atoms with van der Waals surface area (Å²) in [5, 5.41) is 18.9. The number of methoxy groups -OCH3 is 1. The van der Waals surface area contributed by atoms with Gasteiger partial charge in [-0.2, -0.15) is 4.98 Å². The fourth-order valence-electron chi connectivity index (χ4n) is 2.70. The van der Waals surface area contributed by atoms with Crippen LogP contribution in [0.1, 0.15) is 13.8 Å². The molecule has 0 saturated carbocycles. The van der Waals surface area contributed by atoms with Crippen molar-refractivity contribution < 1.29 is 19.2 Å². The molecule has 8 nitrogen and oxygen atoms in total. The topological polar surface area (TPSA) is 110 Å². The second kappa shape index (κ2) is 8.95. The lowest BCUT2D eigenvalue weighted by atomic mass is 10.2. The van der Waals surface area contributed by atoms with Crippen LogP contribution < -0.4 is 15.4 Å². The first-order valence-corrected chi connectivity index (χ1v) is 9.09. The van der Waals surface area contributed by atoms with Gasteiger partial charge in [0, 0.05) is 16.8 Å². The summed E-state index contributed by atoms with van der Waals surface area (Å²) in [6, 6.07) is 13.8. The number of carbonyl (C=O) groups excluding carboxylic acids is 1. The van der Waals surface area contributed by atoms with Gasteiger partial charge in [0.1, 0.15) is 11.5 Å². The number of hydrogen-bond acceptors (Lipinski definition) is 6. The Balaban J connectivity index is 1.70. The SMILES string of the molecule is C=C(C)/C(NC(=O)Nc1ccc(-c2nc(-c3cccc(OC)c3)no2)cc1)=C(/C)O. The normalized spacial score (nSPS) is 11.4. The molecule has 154 valence electrons. The fraction of sp³-hybridized carbons (Fsp3) is 0.136. The van der Waals surface area contributed by atoms with Gasteiger partial charge in [-0.05, 0) is 55.8 Å². The summed E-state index contributed by atoms with van der Waals surface area (Å²) in [6.07, 6.45) is 0. The van der Waals surface area contributed by atoms with Crippen molar-refractivity contribution in [2.24, 2.45) is 0 Å². The lowest BCUT2D eigenvalue weighted by molar-refractivity contribution is 0.253. The Labute approximate surface area is 173 Å². The first-order chi connectivity index (χ1) is 14.4. The number of carbonyl (C=O) groups is 1. The third kappa shape index (κ3) is 4.85. The minimum atomic E-state index is -0.493. The van der Waals surface area contributed by atoms with E-state index in [2.05, 4.69) is 27.4 Å². The van der Waals surface area contributed by atoms with E-state index in [0.29, 0.717) is 34.3 Å². The molecule has 3 N–H and O–H groups in total. The van der Waals surface area contributed by atoms with E-state index in [1.165, 1.54) is 6.92 Å². The van der Waals surface area contributed by atoms with Crippen molar-refractivity contribution in [1.82, 2.24) is 15.5 Å². The number of nitrogens with zero attached hydrogens (tertiary/aromatic N) is 2. The number of aliphatic hydroxyl groups is 1. The molecule has 3 rings (SSSR count). The van der Waals surface area contributed by atoms with Gasteiger partial charge >= 0.3 is 6.03 Å². The summed E-state index contributed by atoms with van der Waals surface area (Å²) in [5.41, 5.74) is 2.86.